The lowest BCUT2D eigenvalue weighted by molar-refractivity contribution is 0.311. The number of rotatable bonds is 5. The van der Waals surface area contributed by atoms with Gasteiger partial charge in [0.25, 0.3) is 0 Å². The first-order valence-electron chi connectivity index (χ1n) is 6.18. The van der Waals surface area contributed by atoms with Gasteiger partial charge in [0.15, 0.2) is 0 Å². The van der Waals surface area contributed by atoms with E-state index in [0.29, 0.717) is 27.4 Å². The number of benzene rings is 2. The number of hydrogen-bond acceptors (Lipinski definition) is 2. The van der Waals surface area contributed by atoms with Gasteiger partial charge in [-0.1, -0.05) is 46.9 Å². The van der Waals surface area contributed by atoms with Gasteiger partial charge in [0, 0.05) is 11.8 Å². The van der Waals surface area contributed by atoms with Crippen LogP contribution in [0.2, 0.25) is 15.1 Å². The summed E-state index contributed by atoms with van der Waals surface area (Å²) in [6.07, 6.45) is 1.79. The van der Waals surface area contributed by atoms with E-state index in [1.807, 2.05) is 24.3 Å². The van der Waals surface area contributed by atoms with Crippen molar-refractivity contribution in [3.8, 4) is 5.75 Å². The Kier molecular flexibility index (Phi) is 5.41. The van der Waals surface area contributed by atoms with Gasteiger partial charge in [-0.3, -0.25) is 0 Å². The Bertz CT molecular complexity index is 584. The normalized spacial score (nSPS) is 10.6. The zero-order chi connectivity index (χ0) is 14.5. The zero-order valence-corrected chi connectivity index (χ0v) is 13.0. The van der Waals surface area contributed by atoms with Gasteiger partial charge in [0.1, 0.15) is 5.75 Å². The molecule has 0 radical (unpaired) electrons. The molecule has 0 saturated carbocycles. The lowest BCUT2D eigenvalue weighted by Gasteiger charge is -2.09. The summed E-state index contributed by atoms with van der Waals surface area (Å²) in [6, 6.07) is 11.0. The van der Waals surface area contributed by atoms with Gasteiger partial charge in [0.2, 0.25) is 0 Å². The van der Waals surface area contributed by atoms with Gasteiger partial charge in [-0.15, -0.1) is 0 Å². The predicted octanol–water partition coefficient (Wildman–Crippen LogP) is 5.24. The van der Waals surface area contributed by atoms with E-state index in [1.165, 1.54) is 5.56 Å². The molecule has 0 heterocycles. The SMILES string of the molecule is Nc1ccc(CCCOc2cc(Cl)c(Cl)cc2Cl)cc1. The first-order valence-corrected chi connectivity index (χ1v) is 7.31. The van der Waals surface area contributed by atoms with Crippen LogP contribution in [-0.4, -0.2) is 6.61 Å². The first kappa shape index (κ1) is 15.3. The second kappa shape index (κ2) is 7.07. The van der Waals surface area contributed by atoms with Crippen LogP contribution in [0.15, 0.2) is 36.4 Å². The summed E-state index contributed by atoms with van der Waals surface area (Å²) >= 11 is 17.8. The Balaban J connectivity index is 1.84. The summed E-state index contributed by atoms with van der Waals surface area (Å²) in [5.41, 5.74) is 7.63. The molecule has 0 bridgehead atoms. The molecule has 2 N–H and O–H groups in total. The Morgan fingerprint density at radius 1 is 0.900 bits per heavy atom. The minimum Gasteiger partial charge on any atom is -0.492 e. The highest BCUT2D eigenvalue weighted by atomic mass is 35.5. The van der Waals surface area contributed by atoms with Crippen molar-refractivity contribution < 1.29 is 4.74 Å². The van der Waals surface area contributed by atoms with Crippen LogP contribution in [0.25, 0.3) is 0 Å². The molecule has 0 aliphatic heterocycles. The fourth-order valence-electron chi connectivity index (χ4n) is 1.76. The molecule has 2 aromatic rings. The van der Waals surface area contributed by atoms with Crippen LogP contribution < -0.4 is 10.5 Å². The lowest BCUT2D eigenvalue weighted by Crippen LogP contribution is -2.00. The van der Waals surface area contributed by atoms with Gasteiger partial charge in [-0.2, -0.15) is 0 Å². The van der Waals surface area contributed by atoms with Crippen molar-refractivity contribution in [2.45, 2.75) is 12.8 Å². The van der Waals surface area contributed by atoms with Crippen molar-refractivity contribution in [1.82, 2.24) is 0 Å². The maximum absolute atomic E-state index is 6.03. The largest absolute Gasteiger partial charge is 0.492 e. The Labute approximate surface area is 133 Å². The molecule has 0 aliphatic carbocycles. The average molecular weight is 331 g/mol. The van der Waals surface area contributed by atoms with Crippen LogP contribution in [0.5, 0.6) is 5.75 Å². The van der Waals surface area contributed by atoms with Gasteiger partial charge < -0.3 is 10.5 Å². The highest BCUT2D eigenvalue weighted by molar-refractivity contribution is 6.43. The molecule has 106 valence electrons. The number of aryl methyl sites for hydroxylation is 1. The maximum Gasteiger partial charge on any atom is 0.139 e. The van der Waals surface area contributed by atoms with Crippen molar-refractivity contribution in [3.63, 3.8) is 0 Å². The van der Waals surface area contributed by atoms with Crippen molar-refractivity contribution in [2.75, 3.05) is 12.3 Å². The molecule has 2 rings (SSSR count). The van der Waals surface area contributed by atoms with Gasteiger partial charge in [0.05, 0.1) is 21.7 Å². The van der Waals surface area contributed by atoms with E-state index >= 15 is 0 Å². The summed E-state index contributed by atoms with van der Waals surface area (Å²) < 4.78 is 5.62. The second-order valence-electron chi connectivity index (χ2n) is 4.39. The molecule has 0 aliphatic rings. The van der Waals surface area contributed by atoms with Crippen LogP contribution in [-0.2, 0) is 6.42 Å². The standard InChI is InChI=1S/C15H14Cl3NO/c16-12-8-14(18)15(9-13(12)17)20-7-1-2-10-3-5-11(19)6-4-10/h3-6,8-9H,1-2,7,19H2. The molecule has 0 fully saturated rings. The summed E-state index contributed by atoms with van der Waals surface area (Å²) in [4.78, 5) is 0. The molecule has 0 atom stereocenters. The van der Waals surface area contributed by atoms with E-state index in [4.69, 9.17) is 45.3 Å². The van der Waals surface area contributed by atoms with Crippen LogP contribution >= 0.6 is 34.8 Å². The molecule has 0 amide bonds. The summed E-state index contributed by atoms with van der Waals surface area (Å²) in [7, 11) is 0. The summed E-state index contributed by atoms with van der Waals surface area (Å²) in [5, 5.41) is 1.32. The summed E-state index contributed by atoms with van der Waals surface area (Å²) in [6.45, 7) is 0.558. The van der Waals surface area contributed by atoms with Crippen molar-refractivity contribution >= 4 is 40.5 Å². The molecular formula is C15H14Cl3NO. The van der Waals surface area contributed by atoms with E-state index in [-0.39, 0.29) is 0 Å². The van der Waals surface area contributed by atoms with E-state index in [2.05, 4.69) is 0 Å². The van der Waals surface area contributed by atoms with Crippen LogP contribution in [0.1, 0.15) is 12.0 Å². The highest BCUT2D eigenvalue weighted by Crippen LogP contribution is 2.33. The van der Waals surface area contributed by atoms with E-state index in [9.17, 15) is 0 Å². The van der Waals surface area contributed by atoms with Gasteiger partial charge in [-0.25, -0.2) is 0 Å². The third kappa shape index (κ3) is 4.20. The number of anilines is 1. The minimum atomic E-state index is 0.422. The van der Waals surface area contributed by atoms with E-state index in [0.717, 1.165) is 18.5 Å². The number of nitrogen functional groups attached to an aromatic ring is 1. The van der Waals surface area contributed by atoms with Crippen molar-refractivity contribution in [2.24, 2.45) is 0 Å². The number of ether oxygens (including phenoxy) is 1. The average Bonchev–Trinajstić information content (AvgIpc) is 2.42. The van der Waals surface area contributed by atoms with Crippen LogP contribution in [0.4, 0.5) is 5.69 Å². The molecule has 0 spiro atoms. The predicted molar refractivity (Wildman–Crippen MR) is 86.1 cm³/mol. The van der Waals surface area contributed by atoms with Gasteiger partial charge >= 0.3 is 0 Å². The molecule has 2 nitrogen and oxygen atoms in total. The number of nitrogens with two attached hydrogens (primary N) is 1. The third-order valence-electron chi connectivity index (χ3n) is 2.82. The smallest absolute Gasteiger partial charge is 0.139 e. The first-order chi connectivity index (χ1) is 9.56. The van der Waals surface area contributed by atoms with Crippen LogP contribution in [0, 0.1) is 0 Å². The molecule has 0 unspecified atom stereocenters. The molecule has 0 saturated heterocycles. The van der Waals surface area contributed by atoms with E-state index < -0.39 is 0 Å². The lowest BCUT2D eigenvalue weighted by atomic mass is 10.1. The third-order valence-corrected chi connectivity index (χ3v) is 3.84. The topological polar surface area (TPSA) is 35.2 Å². The zero-order valence-electron chi connectivity index (χ0n) is 10.7. The molecule has 0 aromatic heterocycles. The van der Waals surface area contributed by atoms with Crippen molar-refractivity contribution in [1.29, 1.82) is 0 Å². The highest BCUT2D eigenvalue weighted by Gasteiger charge is 2.06. The minimum absolute atomic E-state index is 0.422. The summed E-state index contributed by atoms with van der Waals surface area (Å²) in [5.74, 6) is 0.554. The maximum atomic E-state index is 6.03. The monoisotopic (exact) mass is 329 g/mol. The number of halogens is 3. The van der Waals surface area contributed by atoms with Crippen molar-refractivity contribution in [3.05, 3.63) is 57.0 Å². The molecule has 2 aromatic carbocycles. The fraction of sp³-hybridized carbons (Fsp3) is 0.200. The van der Waals surface area contributed by atoms with Crippen LogP contribution in [0.3, 0.4) is 0 Å². The Hall–Kier alpha value is -1.09. The van der Waals surface area contributed by atoms with E-state index in [1.54, 1.807) is 12.1 Å². The Morgan fingerprint density at radius 2 is 1.55 bits per heavy atom. The second-order valence-corrected chi connectivity index (χ2v) is 5.61. The Morgan fingerprint density at radius 3 is 2.25 bits per heavy atom. The fourth-order valence-corrected chi connectivity index (χ4v) is 2.35. The molecular weight excluding hydrogens is 317 g/mol. The number of hydrogen-bond donors (Lipinski definition) is 1. The quantitative estimate of drug-likeness (QED) is 0.462. The molecule has 5 heteroatoms. The van der Waals surface area contributed by atoms with Gasteiger partial charge in [-0.05, 0) is 36.6 Å². The molecule has 20 heavy (non-hydrogen) atoms.